The molecule has 5 heteroatoms. The minimum absolute atomic E-state index is 0.0763. The maximum Gasteiger partial charge on any atom is 0.231 e. The molecule has 3 rings (SSSR count). The number of aliphatic hydroxyl groups is 1. The average Bonchev–Trinajstić information content (AvgIpc) is 3.05. The number of hydrogen-bond donors (Lipinski definition) is 1. The summed E-state index contributed by atoms with van der Waals surface area (Å²) < 4.78 is 21.6. The molecule has 1 aromatic carbocycles. The third kappa shape index (κ3) is 2.23. The molecule has 0 radical (unpaired) electrons. The molecule has 0 bridgehead atoms. The molecule has 5 nitrogen and oxygen atoms in total. The quantitative estimate of drug-likeness (QED) is 0.876. The second kappa shape index (κ2) is 5.04. The molecule has 1 unspecified atom stereocenters. The first kappa shape index (κ1) is 11.6. The van der Waals surface area contributed by atoms with Gasteiger partial charge in [-0.1, -0.05) is 0 Å². The Labute approximate surface area is 105 Å². The van der Waals surface area contributed by atoms with Crippen LogP contribution < -0.4 is 14.2 Å². The summed E-state index contributed by atoms with van der Waals surface area (Å²) in [7, 11) is 0. The van der Waals surface area contributed by atoms with Crippen LogP contribution in [0.15, 0.2) is 12.1 Å². The minimum Gasteiger partial charge on any atom is -0.493 e. The highest BCUT2D eigenvalue weighted by molar-refractivity contribution is 5.51. The smallest absolute Gasteiger partial charge is 0.231 e. The Morgan fingerprint density at radius 2 is 2.11 bits per heavy atom. The molecule has 0 spiro atoms. The number of rotatable bonds is 4. The molecule has 2 aliphatic heterocycles. The molecule has 2 heterocycles. The fourth-order valence-corrected chi connectivity index (χ4v) is 2.15. The first-order valence-corrected chi connectivity index (χ1v) is 6.10. The average molecular weight is 252 g/mol. The van der Waals surface area contributed by atoms with E-state index in [0.29, 0.717) is 29.8 Å². The lowest BCUT2D eigenvalue weighted by Crippen LogP contribution is -2.12. The SMILES string of the molecule is OCc1cc2c(cc1OCC1CCOC1)OCO2. The summed E-state index contributed by atoms with van der Waals surface area (Å²) in [6.07, 6.45) is 1.03. The first-order valence-electron chi connectivity index (χ1n) is 6.10. The standard InChI is InChI=1S/C13H16O5/c14-5-10-3-12-13(18-8-17-12)4-11(10)16-7-9-1-2-15-6-9/h3-4,9,14H,1-2,5-8H2. The van der Waals surface area contributed by atoms with E-state index in [-0.39, 0.29) is 13.4 Å². The van der Waals surface area contributed by atoms with Gasteiger partial charge in [-0.3, -0.25) is 0 Å². The Hall–Kier alpha value is -1.46. The van der Waals surface area contributed by atoms with Gasteiger partial charge in [0.2, 0.25) is 6.79 Å². The third-order valence-electron chi connectivity index (χ3n) is 3.22. The van der Waals surface area contributed by atoms with Crippen molar-refractivity contribution < 1.29 is 24.1 Å². The Kier molecular flexibility index (Phi) is 3.25. The third-order valence-corrected chi connectivity index (χ3v) is 3.22. The van der Waals surface area contributed by atoms with Crippen LogP contribution in [0.5, 0.6) is 17.2 Å². The molecule has 1 saturated heterocycles. The van der Waals surface area contributed by atoms with E-state index in [0.717, 1.165) is 25.2 Å². The van der Waals surface area contributed by atoms with Crippen molar-refractivity contribution in [3.05, 3.63) is 17.7 Å². The molecule has 0 aromatic heterocycles. The van der Waals surface area contributed by atoms with Crippen LogP contribution in [0.1, 0.15) is 12.0 Å². The molecule has 0 amide bonds. The molecule has 1 atom stereocenters. The fraction of sp³-hybridized carbons (Fsp3) is 0.538. The lowest BCUT2D eigenvalue weighted by molar-refractivity contribution is 0.165. The maximum absolute atomic E-state index is 9.34. The Bertz CT molecular complexity index is 426. The first-order chi connectivity index (χ1) is 8.86. The molecule has 18 heavy (non-hydrogen) atoms. The highest BCUT2D eigenvalue weighted by atomic mass is 16.7. The monoisotopic (exact) mass is 252 g/mol. The van der Waals surface area contributed by atoms with Gasteiger partial charge < -0.3 is 24.1 Å². The van der Waals surface area contributed by atoms with Gasteiger partial charge in [0.05, 0.1) is 19.8 Å². The van der Waals surface area contributed by atoms with E-state index in [1.165, 1.54) is 0 Å². The Morgan fingerprint density at radius 3 is 2.83 bits per heavy atom. The second-order valence-electron chi connectivity index (χ2n) is 4.51. The molecule has 0 saturated carbocycles. The summed E-state index contributed by atoms with van der Waals surface area (Å²) in [5, 5.41) is 9.34. The molecule has 0 aliphatic carbocycles. The van der Waals surface area contributed by atoms with Crippen LogP contribution in [-0.4, -0.2) is 31.7 Å². The van der Waals surface area contributed by atoms with Gasteiger partial charge in [0, 0.05) is 24.2 Å². The van der Waals surface area contributed by atoms with Crippen molar-refractivity contribution >= 4 is 0 Å². The Balaban J connectivity index is 1.73. The van der Waals surface area contributed by atoms with Crippen molar-refractivity contribution in [2.24, 2.45) is 5.92 Å². The lowest BCUT2D eigenvalue weighted by atomic mass is 10.1. The van der Waals surface area contributed by atoms with Gasteiger partial charge in [-0.2, -0.15) is 0 Å². The zero-order valence-corrected chi connectivity index (χ0v) is 10.1. The van der Waals surface area contributed by atoms with Crippen molar-refractivity contribution in [1.29, 1.82) is 0 Å². The molecule has 1 fully saturated rings. The van der Waals surface area contributed by atoms with Crippen molar-refractivity contribution in [2.75, 3.05) is 26.6 Å². The minimum atomic E-state index is -0.0763. The highest BCUT2D eigenvalue weighted by Gasteiger charge is 2.20. The van der Waals surface area contributed by atoms with E-state index >= 15 is 0 Å². The van der Waals surface area contributed by atoms with E-state index in [1.807, 2.05) is 0 Å². The normalized spacial score (nSPS) is 21.3. The van der Waals surface area contributed by atoms with Gasteiger partial charge >= 0.3 is 0 Å². The highest BCUT2D eigenvalue weighted by Crippen LogP contribution is 2.38. The number of hydrogen-bond acceptors (Lipinski definition) is 5. The number of benzene rings is 1. The van der Waals surface area contributed by atoms with Gasteiger partial charge in [0.15, 0.2) is 11.5 Å². The van der Waals surface area contributed by atoms with E-state index in [9.17, 15) is 5.11 Å². The molecular weight excluding hydrogens is 236 g/mol. The summed E-state index contributed by atoms with van der Waals surface area (Å²) in [5.41, 5.74) is 0.721. The predicted octanol–water partition coefficient (Wildman–Crippen LogP) is 1.32. The summed E-state index contributed by atoms with van der Waals surface area (Å²) in [4.78, 5) is 0. The molecule has 2 aliphatic rings. The van der Waals surface area contributed by atoms with Gasteiger partial charge in [0.1, 0.15) is 5.75 Å². The molecule has 1 aromatic rings. The van der Waals surface area contributed by atoms with Crippen LogP contribution in [0.3, 0.4) is 0 Å². The largest absolute Gasteiger partial charge is 0.493 e. The zero-order chi connectivity index (χ0) is 12.4. The summed E-state index contributed by atoms with van der Waals surface area (Å²) >= 11 is 0. The lowest BCUT2D eigenvalue weighted by Gasteiger charge is -2.13. The van der Waals surface area contributed by atoms with E-state index in [1.54, 1.807) is 12.1 Å². The van der Waals surface area contributed by atoms with Crippen LogP contribution in [0.2, 0.25) is 0 Å². The molecule has 1 N–H and O–H groups in total. The van der Waals surface area contributed by atoms with Crippen LogP contribution in [-0.2, 0) is 11.3 Å². The van der Waals surface area contributed by atoms with Gasteiger partial charge in [-0.05, 0) is 12.5 Å². The second-order valence-corrected chi connectivity index (χ2v) is 4.51. The summed E-state index contributed by atoms with van der Waals surface area (Å²) in [5.74, 6) is 2.43. The van der Waals surface area contributed by atoms with Gasteiger partial charge in [0.25, 0.3) is 0 Å². The maximum atomic E-state index is 9.34. The zero-order valence-electron chi connectivity index (χ0n) is 10.1. The van der Waals surface area contributed by atoms with Gasteiger partial charge in [-0.15, -0.1) is 0 Å². The number of fused-ring (bicyclic) bond motifs is 1. The predicted molar refractivity (Wildman–Crippen MR) is 62.9 cm³/mol. The summed E-state index contributed by atoms with van der Waals surface area (Å²) in [6.45, 7) is 2.31. The fourth-order valence-electron chi connectivity index (χ4n) is 2.15. The van der Waals surface area contributed by atoms with Crippen LogP contribution in [0.4, 0.5) is 0 Å². The van der Waals surface area contributed by atoms with Crippen molar-refractivity contribution in [3.8, 4) is 17.2 Å². The molecular formula is C13H16O5. The topological polar surface area (TPSA) is 57.2 Å². The van der Waals surface area contributed by atoms with Crippen molar-refractivity contribution in [2.45, 2.75) is 13.0 Å². The van der Waals surface area contributed by atoms with Crippen LogP contribution in [0.25, 0.3) is 0 Å². The number of ether oxygens (including phenoxy) is 4. The van der Waals surface area contributed by atoms with E-state index in [2.05, 4.69) is 0 Å². The molecule has 98 valence electrons. The van der Waals surface area contributed by atoms with E-state index in [4.69, 9.17) is 18.9 Å². The van der Waals surface area contributed by atoms with Crippen LogP contribution >= 0.6 is 0 Å². The summed E-state index contributed by atoms with van der Waals surface area (Å²) in [6, 6.07) is 3.55. The van der Waals surface area contributed by atoms with Crippen molar-refractivity contribution in [3.63, 3.8) is 0 Å². The van der Waals surface area contributed by atoms with E-state index < -0.39 is 0 Å². The Morgan fingerprint density at radius 1 is 1.28 bits per heavy atom. The van der Waals surface area contributed by atoms with Gasteiger partial charge in [-0.25, -0.2) is 0 Å². The number of aliphatic hydroxyl groups excluding tert-OH is 1. The van der Waals surface area contributed by atoms with Crippen LogP contribution in [0, 0.1) is 5.92 Å². The van der Waals surface area contributed by atoms with Crippen molar-refractivity contribution in [1.82, 2.24) is 0 Å².